The number of hydrogen-bond acceptors (Lipinski definition) is 6. The van der Waals surface area contributed by atoms with Crippen molar-refractivity contribution in [1.29, 1.82) is 0 Å². The Morgan fingerprint density at radius 1 is 0.938 bits per heavy atom. The molecule has 0 N–H and O–H groups in total. The lowest BCUT2D eigenvalue weighted by molar-refractivity contribution is -0.117. The number of ether oxygens (including phenoxy) is 1. The minimum absolute atomic E-state index is 0.0802. The first kappa shape index (κ1) is 22.4. The highest BCUT2D eigenvalue weighted by Gasteiger charge is 2.29. The fourth-order valence-electron chi connectivity index (χ4n) is 4.12. The van der Waals surface area contributed by atoms with Crippen LogP contribution in [0.1, 0.15) is 28.8 Å². The molecule has 0 spiro atoms. The number of sulfonamides is 1. The number of hydrogen-bond donors (Lipinski definition) is 0. The van der Waals surface area contributed by atoms with E-state index >= 15 is 0 Å². The molecular formula is C23H27N3O5S. The Hall–Kier alpha value is -2.75. The average Bonchev–Trinajstić information content (AvgIpc) is 3.25. The van der Waals surface area contributed by atoms with Crippen LogP contribution in [0.4, 0.5) is 5.69 Å². The summed E-state index contributed by atoms with van der Waals surface area (Å²) in [5.74, 6) is -0.285. The molecule has 0 aromatic heterocycles. The zero-order valence-corrected chi connectivity index (χ0v) is 18.9. The van der Waals surface area contributed by atoms with Crippen LogP contribution in [0.5, 0.6) is 0 Å². The minimum atomic E-state index is -3.58. The lowest BCUT2D eigenvalue weighted by atomic mass is 10.1. The van der Waals surface area contributed by atoms with Gasteiger partial charge in [0.1, 0.15) is 0 Å². The molecular weight excluding hydrogens is 430 g/mol. The van der Waals surface area contributed by atoms with E-state index in [2.05, 4.69) is 4.90 Å². The summed E-state index contributed by atoms with van der Waals surface area (Å²) >= 11 is 0. The van der Waals surface area contributed by atoms with Gasteiger partial charge in [-0.25, -0.2) is 13.2 Å². The van der Waals surface area contributed by atoms with Crippen molar-refractivity contribution in [3.05, 3.63) is 59.7 Å². The summed E-state index contributed by atoms with van der Waals surface area (Å²) in [6.07, 6.45) is 1.37. The van der Waals surface area contributed by atoms with Crippen molar-refractivity contribution in [2.24, 2.45) is 0 Å². The number of rotatable bonds is 6. The summed E-state index contributed by atoms with van der Waals surface area (Å²) in [5, 5.41) is 0. The van der Waals surface area contributed by atoms with E-state index in [1.54, 1.807) is 41.3 Å². The quantitative estimate of drug-likeness (QED) is 0.618. The molecule has 2 fully saturated rings. The van der Waals surface area contributed by atoms with Gasteiger partial charge in [0.05, 0.1) is 17.6 Å². The number of nitrogens with zero attached hydrogens (tertiary/aromatic N) is 3. The van der Waals surface area contributed by atoms with Crippen molar-refractivity contribution in [3.63, 3.8) is 0 Å². The Labute approximate surface area is 188 Å². The van der Waals surface area contributed by atoms with Crippen LogP contribution in [0, 0.1) is 0 Å². The summed E-state index contributed by atoms with van der Waals surface area (Å²) in [6.45, 7) is 3.44. The van der Waals surface area contributed by atoms with Gasteiger partial charge in [-0.3, -0.25) is 9.69 Å². The molecule has 2 saturated heterocycles. The third-order valence-electron chi connectivity index (χ3n) is 5.97. The molecule has 2 aliphatic heterocycles. The topological polar surface area (TPSA) is 87.2 Å². The molecule has 1 amide bonds. The molecule has 0 atom stereocenters. The van der Waals surface area contributed by atoms with E-state index < -0.39 is 10.0 Å². The van der Waals surface area contributed by atoms with Crippen molar-refractivity contribution in [1.82, 2.24) is 9.21 Å². The zero-order valence-electron chi connectivity index (χ0n) is 18.1. The van der Waals surface area contributed by atoms with Gasteiger partial charge in [-0.1, -0.05) is 12.1 Å². The summed E-state index contributed by atoms with van der Waals surface area (Å²) in [6, 6.07) is 13.9. The second-order valence-corrected chi connectivity index (χ2v) is 9.95. The third-order valence-corrected chi connectivity index (χ3v) is 7.88. The number of amides is 1. The molecule has 2 aromatic rings. The molecule has 0 aliphatic carbocycles. The summed E-state index contributed by atoms with van der Waals surface area (Å²) in [4.78, 5) is 27.6. The molecule has 2 aromatic carbocycles. The molecule has 9 heteroatoms. The molecule has 4 rings (SSSR count). The maximum Gasteiger partial charge on any atom is 0.337 e. The average molecular weight is 458 g/mol. The Balaban J connectivity index is 1.35. The first-order valence-electron chi connectivity index (χ1n) is 10.7. The van der Waals surface area contributed by atoms with Gasteiger partial charge < -0.3 is 9.64 Å². The number of carbonyl (C=O) groups is 2. The van der Waals surface area contributed by atoms with Crippen LogP contribution in [-0.2, 0) is 26.1 Å². The van der Waals surface area contributed by atoms with Gasteiger partial charge >= 0.3 is 5.97 Å². The van der Waals surface area contributed by atoms with E-state index in [9.17, 15) is 18.0 Å². The highest BCUT2D eigenvalue weighted by molar-refractivity contribution is 7.89. The van der Waals surface area contributed by atoms with Crippen molar-refractivity contribution >= 4 is 27.6 Å². The first-order chi connectivity index (χ1) is 15.4. The largest absolute Gasteiger partial charge is 0.465 e. The summed E-state index contributed by atoms with van der Waals surface area (Å²) < 4.78 is 32.4. The van der Waals surface area contributed by atoms with Crippen LogP contribution < -0.4 is 4.90 Å². The SMILES string of the molecule is COC(=O)c1ccc(CN2CCN(S(=O)(=O)c3ccc(N4CCCC4=O)cc3)CC2)cc1. The predicted octanol–water partition coefficient (Wildman–Crippen LogP) is 2.11. The van der Waals surface area contributed by atoms with Crippen molar-refractivity contribution in [2.75, 3.05) is 44.7 Å². The summed E-state index contributed by atoms with van der Waals surface area (Å²) in [5.41, 5.74) is 2.31. The lowest BCUT2D eigenvalue weighted by Gasteiger charge is -2.34. The van der Waals surface area contributed by atoms with E-state index in [1.807, 2.05) is 12.1 Å². The van der Waals surface area contributed by atoms with Crippen molar-refractivity contribution in [2.45, 2.75) is 24.3 Å². The van der Waals surface area contributed by atoms with Gasteiger partial charge in [0, 0.05) is 51.4 Å². The van der Waals surface area contributed by atoms with E-state index in [-0.39, 0.29) is 16.8 Å². The van der Waals surface area contributed by atoms with E-state index in [0.29, 0.717) is 51.3 Å². The van der Waals surface area contributed by atoms with Crippen LogP contribution in [0.3, 0.4) is 0 Å². The normalized spacial score (nSPS) is 18.2. The molecule has 8 nitrogen and oxygen atoms in total. The highest BCUT2D eigenvalue weighted by Crippen LogP contribution is 2.25. The molecule has 2 heterocycles. The zero-order chi connectivity index (χ0) is 22.7. The van der Waals surface area contributed by atoms with Gasteiger partial charge in [-0.15, -0.1) is 0 Å². The van der Waals surface area contributed by atoms with Crippen LogP contribution in [0.25, 0.3) is 0 Å². The van der Waals surface area contributed by atoms with E-state index in [1.165, 1.54) is 11.4 Å². The Morgan fingerprint density at radius 2 is 1.59 bits per heavy atom. The maximum absolute atomic E-state index is 13.1. The standard InChI is InChI=1S/C23H27N3O5S/c1-31-23(28)19-6-4-18(5-7-19)17-24-13-15-25(16-14-24)32(29,30)21-10-8-20(9-11-21)26-12-2-3-22(26)27/h4-11H,2-3,12-17H2,1H3. The molecule has 2 aliphatic rings. The Kier molecular flexibility index (Phi) is 6.59. The molecule has 170 valence electrons. The maximum atomic E-state index is 13.1. The predicted molar refractivity (Wildman–Crippen MR) is 120 cm³/mol. The number of carbonyl (C=O) groups excluding carboxylic acids is 2. The molecule has 32 heavy (non-hydrogen) atoms. The van der Waals surface area contributed by atoms with Gasteiger partial charge in [-0.2, -0.15) is 4.31 Å². The number of esters is 1. The molecule has 0 unspecified atom stereocenters. The van der Waals surface area contributed by atoms with Crippen LogP contribution in [0.15, 0.2) is 53.4 Å². The molecule has 0 radical (unpaired) electrons. The minimum Gasteiger partial charge on any atom is -0.465 e. The monoisotopic (exact) mass is 457 g/mol. The highest BCUT2D eigenvalue weighted by atomic mass is 32.2. The van der Waals surface area contributed by atoms with Crippen LogP contribution >= 0.6 is 0 Å². The third kappa shape index (κ3) is 4.69. The number of methoxy groups -OCH3 is 1. The van der Waals surface area contributed by atoms with Gasteiger partial charge in [0.2, 0.25) is 15.9 Å². The molecule has 0 saturated carbocycles. The first-order valence-corrected chi connectivity index (χ1v) is 12.1. The Bertz CT molecular complexity index is 1080. The van der Waals surface area contributed by atoms with Crippen molar-refractivity contribution in [3.8, 4) is 0 Å². The van der Waals surface area contributed by atoms with Gasteiger partial charge in [-0.05, 0) is 48.4 Å². The fraction of sp³-hybridized carbons (Fsp3) is 0.391. The number of benzene rings is 2. The van der Waals surface area contributed by atoms with Gasteiger partial charge in [0.25, 0.3) is 0 Å². The van der Waals surface area contributed by atoms with E-state index in [4.69, 9.17) is 4.74 Å². The number of anilines is 1. The fourth-order valence-corrected chi connectivity index (χ4v) is 5.54. The summed E-state index contributed by atoms with van der Waals surface area (Å²) in [7, 11) is -2.22. The van der Waals surface area contributed by atoms with Crippen LogP contribution in [0.2, 0.25) is 0 Å². The van der Waals surface area contributed by atoms with Crippen molar-refractivity contribution < 1.29 is 22.7 Å². The second-order valence-electron chi connectivity index (χ2n) is 8.01. The van der Waals surface area contributed by atoms with Crippen LogP contribution in [-0.4, -0.2) is 69.3 Å². The lowest BCUT2D eigenvalue weighted by Crippen LogP contribution is -2.48. The number of piperazine rings is 1. The van der Waals surface area contributed by atoms with Gasteiger partial charge in [0.15, 0.2) is 0 Å². The Morgan fingerprint density at radius 3 is 2.16 bits per heavy atom. The molecule has 0 bridgehead atoms. The second kappa shape index (κ2) is 9.40. The van der Waals surface area contributed by atoms with E-state index in [0.717, 1.165) is 17.7 Å². The smallest absolute Gasteiger partial charge is 0.337 e.